The number of benzene rings is 4. The zero-order valence-electron chi connectivity index (χ0n) is 28.3. The molecule has 259 valence electrons. The van der Waals surface area contributed by atoms with Crippen LogP contribution in [0, 0.1) is 0 Å². The van der Waals surface area contributed by atoms with Gasteiger partial charge < -0.3 is 32.3 Å². The van der Waals surface area contributed by atoms with Gasteiger partial charge >= 0.3 is 0 Å². The van der Waals surface area contributed by atoms with Crippen LogP contribution in [0.5, 0.6) is 5.75 Å². The number of H-pyrrole nitrogens is 2. The van der Waals surface area contributed by atoms with Gasteiger partial charge in [-0.05, 0) is 119 Å². The van der Waals surface area contributed by atoms with E-state index < -0.39 is 0 Å². The minimum atomic E-state index is 0. The van der Waals surface area contributed by atoms with E-state index in [0.29, 0.717) is 17.1 Å². The minimum Gasteiger partial charge on any atom is -0.508 e. The number of hydrogen-bond donors (Lipinski definition) is 6. The largest absolute Gasteiger partial charge is 0.508 e. The van der Waals surface area contributed by atoms with E-state index in [1.807, 2.05) is 97.1 Å². The molecule has 8 nitrogen and oxygen atoms in total. The number of aromatic hydroxyl groups is 1. The fourth-order valence-corrected chi connectivity index (χ4v) is 7.00. The Kier molecular flexibility index (Phi) is 8.42. The Labute approximate surface area is 315 Å². The summed E-state index contributed by atoms with van der Waals surface area (Å²) >= 11 is 0. The predicted octanol–water partition coefficient (Wildman–Crippen LogP) is 9.77. The van der Waals surface area contributed by atoms with Crippen LogP contribution >= 0.6 is 0 Å². The van der Waals surface area contributed by atoms with Gasteiger partial charge in [0.25, 0.3) is 0 Å². The second kappa shape index (κ2) is 13.4. The molecule has 3 aromatic heterocycles. The number of nitrogen functional groups attached to an aromatic ring is 3. The normalized spacial score (nSPS) is 11.8. The molecule has 0 spiro atoms. The molecular weight excluding hydrogens is 701 g/mol. The summed E-state index contributed by atoms with van der Waals surface area (Å²) in [5.74, 6) is 0.189. The van der Waals surface area contributed by atoms with Gasteiger partial charge in [-0.15, -0.1) is 0 Å². The summed E-state index contributed by atoms with van der Waals surface area (Å²) in [6, 6.07) is 39.1. The molecule has 2 aliphatic heterocycles. The minimum absolute atomic E-state index is 0. The number of phenolic OH excluding ortho intramolecular Hbond substituents is 1. The summed E-state index contributed by atoms with van der Waals surface area (Å²) in [5.41, 5.74) is 34.6. The Hall–Kier alpha value is -6.81. The van der Waals surface area contributed by atoms with Crippen molar-refractivity contribution in [3.63, 3.8) is 0 Å². The van der Waals surface area contributed by atoms with Crippen LogP contribution < -0.4 is 17.2 Å². The van der Waals surface area contributed by atoms with Gasteiger partial charge in [0.2, 0.25) is 0 Å². The van der Waals surface area contributed by atoms with Crippen molar-refractivity contribution in [2.75, 3.05) is 17.2 Å². The zero-order valence-corrected chi connectivity index (χ0v) is 29.3. The average Bonchev–Trinajstić information content (AvgIpc) is 3.99. The number of anilines is 3. The predicted molar refractivity (Wildman–Crippen MR) is 216 cm³/mol. The first kappa shape index (κ1) is 33.3. The maximum Gasteiger partial charge on any atom is 0.115 e. The summed E-state index contributed by atoms with van der Waals surface area (Å²) in [4.78, 5) is 18.1. The molecular formula is C44H33CoN7O. The van der Waals surface area contributed by atoms with Gasteiger partial charge in [-0.1, -0.05) is 48.5 Å². The van der Waals surface area contributed by atoms with Crippen LogP contribution in [0.15, 0.2) is 121 Å². The van der Waals surface area contributed by atoms with Crippen molar-refractivity contribution in [3.05, 3.63) is 144 Å². The number of fused-ring (bicyclic) bond motifs is 8. The van der Waals surface area contributed by atoms with Crippen molar-refractivity contribution in [1.29, 1.82) is 0 Å². The Morgan fingerprint density at radius 1 is 0.358 bits per heavy atom. The number of nitrogens with zero attached hydrogens (tertiary/aromatic N) is 2. The first-order valence-electron chi connectivity index (χ1n) is 16.9. The van der Waals surface area contributed by atoms with Crippen LogP contribution in [0.25, 0.3) is 90.9 Å². The van der Waals surface area contributed by atoms with Crippen molar-refractivity contribution in [3.8, 4) is 50.3 Å². The molecule has 0 aliphatic carbocycles. The quantitative estimate of drug-likeness (QED) is 0.0989. The molecule has 9 rings (SSSR count). The molecule has 8 bridgehead atoms. The molecule has 0 fully saturated rings. The maximum absolute atomic E-state index is 10.2. The van der Waals surface area contributed by atoms with Gasteiger partial charge in [0.15, 0.2) is 0 Å². The number of aromatic nitrogens is 4. The number of rotatable bonds is 4. The van der Waals surface area contributed by atoms with Gasteiger partial charge in [0.05, 0.1) is 22.8 Å². The van der Waals surface area contributed by atoms with Crippen LogP contribution in [0.1, 0.15) is 22.8 Å². The van der Waals surface area contributed by atoms with E-state index in [9.17, 15) is 5.11 Å². The number of nitrogens with two attached hydrogens (primary N) is 3. The molecule has 7 aromatic rings. The summed E-state index contributed by atoms with van der Waals surface area (Å²) < 4.78 is 0. The van der Waals surface area contributed by atoms with E-state index in [1.165, 1.54) is 0 Å². The van der Waals surface area contributed by atoms with E-state index in [1.54, 1.807) is 12.1 Å². The number of phenols is 1. The molecule has 9 heteroatoms. The van der Waals surface area contributed by atoms with Crippen LogP contribution in [-0.2, 0) is 16.8 Å². The molecule has 4 aromatic carbocycles. The third-order valence-electron chi connectivity index (χ3n) is 9.51. The summed E-state index contributed by atoms with van der Waals surface area (Å²) in [5, 5.41) is 10.2. The third-order valence-corrected chi connectivity index (χ3v) is 9.51. The molecule has 0 amide bonds. The molecule has 0 saturated carbocycles. The molecule has 5 heterocycles. The van der Waals surface area contributed by atoms with E-state index in [0.717, 1.165) is 89.4 Å². The van der Waals surface area contributed by atoms with Gasteiger partial charge in [0, 0.05) is 78.2 Å². The fraction of sp³-hybridized carbons (Fsp3) is 0. The van der Waals surface area contributed by atoms with Crippen LogP contribution in [0.4, 0.5) is 17.1 Å². The number of nitrogens with one attached hydrogen (secondary N) is 2. The average molecular weight is 735 g/mol. The molecule has 0 unspecified atom stereocenters. The Balaban J connectivity index is 0.00000400. The van der Waals surface area contributed by atoms with E-state index in [-0.39, 0.29) is 22.5 Å². The van der Waals surface area contributed by atoms with Crippen LogP contribution in [-0.4, -0.2) is 25.0 Å². The standard InChI is InChI=1S/C44H33N7O.Co/c45-29-9-1-25(2-10-29)41-33-17-19-35(48-33)42(26-3-11-30(46)12-4-26)37-21-23-39(50-37)44(28-7-15-32(52)16-8-28)40-24-22-38(51-40)43(36-20-18-34(41)49-36)27-5-13-31(47)14-6-27;/h1-24,48,51-52H,45-47H2;. The Morgan fingerprint density at radius 3 is 0.868 bits per heavy atom. The molecule has 53 heavy (non-hydrogen) atoms. The first-order valence-corrected chi connectivity index (χ1v) is 16.9. The SMILES string of the molecule is Nc1ccc(-c2c3nc(c(-c4ccc(N)cc4)c4ccc([nH]4)c(-c4ccc(O)cc4)c4nc(c(-c5ccc(N)cc5)c5ccc2[nH]5)C=C4)C=C3)cc1.[Co]. The summed E-state index contributed by atoms with van der Waals surface area (Å²) in [7, 11) is 0. The smallest absolute Gasteiger partial charge is 0.115 e. The first-order chi connectivity index (χ1) is 25.4. The van der Waals surface area contributed by atoms with Crippen molar-refractivity contribution < 1.29 is 21.9 Å². The van der Waals surface area contributed by atoms with Crippen molar-refractivity contribution >= 4 is 63.4 Å². The molecule has 1 radical (unpaired) electrons. The third kappa shape index (κ3) is 6.14. The monoisotopic (exact) mass is 734 g/mol. The van der Waals surface area contributed by atoms with Gasteiger partial charge in [0.1, 0.15) is 5.75 Å². The molecule has 0 saturated heterocycles. The van der Waals surface area contributed by atoms with E-state index >= 15 is 0 Å². The molecule has 9 N–H and O–H groups in total. The van der Waals surface area contributed by atoms with Gasteiger partial charge in [-0.2, -0.15) is 0 Å². The van der Waals surface area contributed by atoms with E-state index in [4.69, 9.17) is 27.2 Å². The maximum atomic E-state index is 10.2. The Morgan fingerprint density at radius 2 is 0.604 bits per heavy atom. The number of hydrogen-bond acceptors (Lipinski definition) is 6. The van der Waals surface area contributed by atoms with Crippen molar-refractivity contribution in [1.82, 2.24) is 19.9 Å². The topological polar surface area (TPSA) is 156 Å². The second-order valence-corrected chi connectivity index (χ2v) is 12.9. The fourth-order valence-electron chi connectivity index (χ4n) is 7.00. The van der Waals surface area contributed by atoms with Crippen molar-refractivity contribution in [2.24, 2.45) is 0 Å². The second-order valence-electron chi connectivity index (χ2n) is 12.9. The Bertz CT molecular complexity index is 2370. The van der Waals surface area contributed by atoms with E-state index in [2.05, 4.69) is 46.4 Å². The van der Waals surface area contributed by atoms with Crippen LogP contribution in [0.3, 0.4) is 0 Å². The number of aromatic amines is 2. The van der Waals surface area contributed by atoms with Crippen LogP contribution in [0.2, 0.25) is 0 Å². The van der Waals surface area contributed by atoms with Crippen molar-refractivity contribution in [2.45, 2.75) is 0 Å². The molecule has 0 atom stereocenters. The molecule has 2 aliphatic rings. The zero-order chi connectivity index (χ0) is 35.3. The van der Waals surface area contributed by atoms with Gasteiger partial charge in [-0.3, -0.25) is 0 Å². The summed E-state index contributed by atoms with van der Waals surface area (Å²) in [6.07, 6.45) is 8.20. The summed E-state index contributed by atoms with van der Waals surface area (Å²) in [6.45, 7) is 0. The van der Waals surface area contributed by atoms with Gasteiger partial charge in [-0.25, -0.2) is 9.97 Å².